The number of benzene rings is 2. The summed E-state index contributed by atoms with van der Waals surface area (Å²) in [5, 5.41) is 17.7. The van der Waals surface area contributed by atoms with Crippen molar-refractivity contribution in [2.75, 3.05) is 0 Å². The molecule has 0 radical (unpaired) electrons. The van der Waals surface area contributed by atoms with Crippen molar-refractivity contribution in [3.8, 4) is 17.2 Å². The van der Waals surface area contributed by atoms with Gasteiger partial charge >= 0.3 is 6.09 Å². The lowest BCUT2D eigenvalue weighted by atomic mass is 9.88. The van der Waals surface area contributed by atoms with Crippen LogP contribution in [0.1, 0.15) is 46.1 Å². The molecule has 3 N–H and O–H groups in total. The number of carbonyl (C=O) groups is 2. The van der Waals surface area contributed by atoms with Gasteiger partial charge in [-0.15, -0.1) is 0 Å². The Labute approximate surface area is 228 Å². The summed E-state index contributed by atoms with van der Waals surface area (Å²) in [4.78, 5) is 27.8. The van der Waals surface area contributed by atoms with E-state index in [9.17, 15) is 23.3 Å². The summed E-state index contributed by atoms with van der Waals surface area (Å²) < 4.78 is 44.0. The van der Waals surface area contributed by atoms with E-state index < -0.39 is 45.5 Å². The molecule has 0 aromatic heterocycles. The maximum absolute atomic E-state index is 15.1. The molecule has 39 heavy (non-hydrogen) atoms. The predicted molar refractivity (Wildman–Crippen MR) is 142 cm³/mol. The zero-order valence-corrected chi connectivity index (χ0v) is 23.2. The normalized spacial score (nSPS) is 23.3. The van der Waals surface area contributed by atoms with Gasteiger partial charge in [0.05, 0.1) is 11.0 Å². The molecular weight excluding hydrogens is 523 g/mol. The van der Waals surface area contributed by atoms with Crippen LogP contribution in [0, 0.1) is 29.0 Å². The van der Waals surface area contributed by atoms with Crippen molar-refractivity contribution in [2.45, 2.75) is 75.6 Å². The van der Waals surface area contributed by atoms with E-state index in [-0.39, 0.29) is 34.8 Å². The monoisotopic (exact) mass is 556 g/mol. The van der Waals surface area contributed by atoms with Crippen LogP contribution in [0.2, 0.25) is 0 Å². The molecule has 9 nitrogen and oxygen atoms in total. The molecule has 5 atom stereocenters. The highest BCUT2D eigenvalue weighted by atomic mass is 32.2. The lowest BCUT2D eigenvalue weighted by Gasteiger charge is -2.38. The van der Waals surface area contributed by atoms with Crippen molar-refractivity contribution < 1.29 is 27.1 Å². The third kappa shape index (κ3) is 6.23. The van der Waals surface area contributed by atoms with Crippen LogP contribution in [0.3, 0.4) is 0 Å². The van der Waals surface area contributed by atoms with Crippen molar-refractivity contribution in [1.82, 2.24) is 10.2 Å². The quantitative estimate of drug-likeness (QED) is 0.555. The first-order valence-corrected chi connectivity index (χ1v) is 14.4. The molecule has 2 amide bonds. The van der Waals surface area contributed by atoms with Gasteiger partial charge in [-0.2, -0.15) is 5.26 Å². The lowest BCUT2D eigenvalue weighted by Crippen LogP contribution is -2.56. The molecule has 2 aromatic rings. The fraction of sp³-hybridized carbons (Fsp3) is 0.464. The predicted octanol–water partition coefficient (Wildman–Crippen LogP) is 3.72. The van der Waals surface area contributed by atoms with Crippen LogP contribution < -0.4 is 10.5 Å². The number of nitrogens with two attached hydrogens (primary N) is 1. The van der Waals surface area contributed by atoms with E-state index in [4.69, 9.17) is 9.88 Å². The van der Waals surface area contributed by atoms with Crippen molar-refractivity contribution in [1.29, 1.82) is 5.26 Å². The Morgan fingerprint density at radius 2 is 1.90 bits per heavy atom. The topological polar surface area (TPSA) is 143 Å². The molecule has 0 unspecified atom stereocenters. The number of primary sulfonamides is 1. The highest BCUT2D eigenvalue weighted by Crippen LogP contribution is 2.46. The van der Waals surface area contributed by atoms with Gasteiger partial charge in [-0.25, -0.2) is 22.7 Å². The maximum atomic E-state index is 15.1. The number of halogens is 1. The number of nitrogens with zero attached hydrogens (tertiary/aromatic N) is 2. The molecule has 11 heteroatoms. The molecule has 1 aliphatic heterocycles. The highest BCUT2D eigenvalue weighted by molar-refractivity contribution is 7.89. The minimum atomic E-state index is -3.92. The number of piperidine rings is 1. The molecule has 2 aliphatic rings. The van der Waals surface area contributed by atoms with E-state index in [1.165, 1.54) is 35.2 Å². The third-order valence-electron chi connectivity index (χ3n) is 7.34. The van der Waals surface area contributed by atoms with E-state index >= 15 is 4.39 Å². The second-order valence-corrected chi connectivity index (χ2v) is 12.9. The van der Waals surface area contributed by atoms with Crippen molar-refractivity contribution >= 4 is 22.0 Å². The fourth-order valence-corrected chi connectivity index (χ4v) is 6.16. The van der Waals surface area contributed by atoms with Crippen LogP contribution in [0.25, 0.3) is 11.1 Å². The number of likely N-dealkylation sites (tertiary alicyclic amines) is 1. The number of carbonyl (C=O) groups excluding carboxylic acids is 2. The van der Waals surface area contributed by atoms with E-state index in [2.05, 4.69) is 12.2 Å². The molecular formula is C28H33FN4O5S. The van der Waals surface area contributed by atoms with Crippen LogP contribution in [0.5, 0.6) is 0 Å². The van der Waals surface area contributed by atoms with Gasteiger partial charge in [-0.3, -0.25) is 9.69 Å². The summed E-state index contributed by atoms with van der Waals surface area (Å²) in [5.41, 5.74) is 0.385. The number of fused-ring (bicyclic) bond motifs is 2. The van der Waals surface area contributed by atoms with Crippen LogP contribution in [-0.4, -0.2) is 49.0 Å². The largest absolute Gasteiger partial charge is 0.444 e. The van der Waals surface area contributed by atoms with E-state index in [1.54, 1.807) is 32.9 Å². The van der Waals surface area contributed by atoms with E-state index in [0.29, 0.717) is 17.5 Å². The van der Waals surface area contributed by atoms with Crippen LogP contribution in [0.15, 0.2) is 47.4 Å². The van der Waals surface area contributed by atoms with Gasteiger partial charge in [0.25, 0.3) is 0 Å². The summed E-state index contributed by atoms with van der Waals surface area (Å²) in [5.74, 6) is -0.871. The van der Waals surface area contributed by atoms with Gasteiger partial charge in [0, 0.05) is 12.5 Å². The van der Waals surface area contributed by atoms with Crippen LogP contribution >= 0.6 is 0 Å². The van der Waals surface area contributed by atoms with Crippen molar-refractivity contribution in [2.24, 2.45) is 17.0 Å². The number of amides is 2. The van der Waals surface area contributed by atoms with Crippen molar-refractivity contribution in [3.63, 3.8) is 0 Å². The Bertz CT molecular complexity index is 1430. The fourth-order valence-electron chi connectivity index (χ4n) is 5.60. The molecule has 1 saturated heterocycles. The standard InChI is InChI=1S/C28H33FN4O5S/c1-16-10-21-14-23(16)25(33(21)27(35)38-28(2,3)4)26(34)32-20(15-30)11-19-9-8-18(13-24(19)29)17-6-5-7-22(12-17)39(31,36)37/h5-9,12-13,16,20-21,23,25H,10-11,14H2,1-4H3,(H,32,34)(H2,31,36,37)/t16-,20-,21+,23+,25-/m0/s1. The first-order valence-electron chi connectivity index (χ1n) is 12.8. The number of nitrogens with one attached hydrogen (secondary N) is 1. The molecule has 1 aliphatic carbocycles. The van der Waals surface area contributed by atoms with E-state index in [1.807, 2.05) is 6.07 Å². The van der Waals surface area contributed by atoms with Gasteiger partial charge < -0.3 is 10.1 Å². The Morgan fingerprint density at radius 3 is 2.51 bits per heavy atom. The second-order valence-electron chi connectivity index (χ2n) is 11.4. The van der Waals surface area contributed by atoms with Gasteiger partial charge in [0.1, 0.15) is 23.5 Å². The lowest BCUT2D eigenvalue weighted by molar-refractivity contribution is -0.129. The second kappa shape index (κ2) is 10.6. The number of ether oxygens (including phenoxy) is 1. The first-order chi connectivity index (χ1) is 18.2. The SMILES string of the molecule is C[C@H]1C[C@@H]2C[C@H]1[C@@H](C(=O)N[C@H](C#N)Cc1ccc(-c3cccc(S(N)(=O)=O)c3)cc1F)N2C(=O)OC(C)(C)C. The average Bonchev–Trinajstić information content (AvgIpc) is 3.40. The minimum Gasteiger partial charge on any atom is -0.444 e. The molecule has 2 fully saturated rings. The Morgan fingerprint density at radius 1 is 1.21 bits per heavy atom. The molecule has 208 valence electrons. The van der Waals surface area contributed by atoms with Gasteiger partial charge in [0.2, 0.25) is 15.9 Å². The number of sulfonamides is 1. The molecule has 0 spiro atoms. The summed E-state index contributed by atoms with van der Waals surface area (Å²) in [6, 6.07) is 10.3. The Kier molecular flexibility index (Phi) is 7.74. The third-order valence-corrected chi connectivity index (χ3v) is 8.25. The smallest absolute Gasteiger partial charge is 0.411 e. The van der Waals surface area contributed by atoms with Gasteiger partial charge in [-0.05, 0) is 80.3 Å². The zero-order chi connectivity index (χ0) is 28.7. The molecule has 2 aromatic carbocycles. The maximum Gasteiger partial charge on any atom is 0.411 e. The summed E-state index contributed by atoms with van der Waals surface area (Å²) in [7, 11) is -3.92. The molecule has 2 bridgehead atoms. The number of nitriles is 1. The summed E-state index contributed by atoms with van der Waals surface area (Å²) in [6.45, 7) is 7.34. The first kappa shape index (κ1) is 28.5. The van der Waals surface area contributed by atoms with Crippen molar-refractivity contribution in [3.05, 3.63) is 53.8 Å². The Hall–Kier alpha value is -3.49. The van der Waals surface area contributed by atoms with Gasteiger partial charge in [0.15, 0.2) is 0 Å². The van der Waals surface area contributed by atoms with Crippen LogP contribution in [0.4, 0.5) is 9.18 Å². The molecule has 1 heterocycles. The molecule has 1 saturated carbocycles. The number of rotatable bonds is 6. The zero-order valence-electron chi connectivity index (χ0n) is 22.3. The number of hydrogen-bond donors (Lipinski definition) is 2. The van der Waals surface area contributed by atoms with Gasteiger partial charge in [-0.1, -0.05) is 31.2 Å². The van der Waals surface area contributed by atoms with Crippen LogP contribution in [-0.2, 0) is 26.0 Å². The summed E-state index contributed by atoms with van der Waals surface area (Å²) >= 11 is 0. The van der Waals surface area contributed by atoms with E-state index in [0.717, 1.165) is 6.42 Å². The highest BCUT2D eigenvalue weighted by Gasteiger charge is 2.55. The summed E-state index contributed by atoms with van der Waals surface area (Å²) in [6.07, 6.45) is 0.837. The molecule has 4 rings (SSSR count). The minimum absolute atomic E-state index is 0.0500. The number of hydrogen-bond acceptors (Lipinski definition) is 6. The average molecular weight is 557 g/mol. The Balaban J connectivity index is 1.49.